The second kappa shape index (κ2) is 10.1. The Hall–Kier alpha value is -2.18. The molecule has 7 heteroatoms. The van der Waals surface area contributed by atoms with E-state index < -0.39 is 0 Å². The van der Waals surface area contributed by atoms with Gasteiger partial charge in [0.05, 0.1) is 30.7 Å². The number of carbonyl (C=O) groups is 2. The van der Waals surface area contributed by atoms with Crippen molar-refractivity contribution in [1.82, 2.24) is 0 Å². The molecule has 0 atom stereocenters. The zero-order valence-corrected chi connectivity index (χ0v) is 16.2. The molecule has 0 radical (unpaired) electrons. The van der Waals surface area contributed by atoms with E-state index in [0.717, 1.165) is 0 Å². The number of hydrogen-bond acceptors (Lipinski definition) is 5. The third kappa shape index (κ3) is 5.97. The predicted octanol–water partition coefficient (Wildman–Crippen LogP) is 4.30. The van der Waals surface area contributed by atoms with Gasteiger partial charge in [-0.1, -0.05) is 23.7 Å². The summed E-state index contributed by atoms with van der Waals surface area (Å²) in [5.74, 6) is 1.81. The topological polar surface area (TPSA) is 64.6 Å². The van der Waals surface area contributed by atoms with E-state index in [-0.39, 0.29) is 17.4 Å². The number of hydrogen-bond donors (Lipinski definition) is 1. The Kier molecular flexibility index (Phi) is 7.81. The molecule has 0 aliphatic rings. The summed E-state index contributed by atoms with van der Waals surface area (Å²) in [4.78, 5) is 23.6. The lowest BCUT2D eigenvalue weighted by atomic mass is 10.1. The number of thioether (sulfide) groups is 1. The summed E-state index contributed by atoms with van der Waals surface area (Å²) in [5, 5.41) is 3.30. The van der Waals surface area contributed by atoms with Crippen LogP contribution in [0.15, 0.2) is 42.5 Å². The lowest BCUT2D eigenvalue weighted by Crippen LogP contribution is -2.16. The number of para-hydroxylation sites is 1. The Bertz CT molecular complexity index is 782. The fourth-order valence-electron chi connectivity index (χ4n) is 2.22. The molecule has 26 heavy (non-hydrogen) atoms. The first-order valence-electron chi connectivity index (χ1n) is 7.95. The molecule has 0 unspecified atom stereocenters. The third-order valence-corrected chi connectivity index (χ3v) is 4.58. The number of anilines is 1. The Morgan fingerprint density at radius 1 is 1.15 bits per heavy atom. The molecule has 1 N–H and O–H groups in total. The van der Waals surface area contributed by atoms with Crippen molar-refractivity contribution in [2.24, 2.45) is 0 Å². The number of carbonyl (C=O) groups excluding carboxylic acids is 2. The van der Waals surface area contributed by atoms with Gasteiger partial charge in [0, 0.05) is 10.8 Å². The van der Waals surface area contributed by atoms with E-state index in [1.54, 1.807) is 36.4 Å². The summed E-state index contributed by atoms with van der Waals surface area (Å²) < 4.78 is 10.8. The van der Waals surface area contributed by atoms with E-state index in [0.29, 0.717) is 40.1 Å². The molecule has 0 aliphatic heterocycles. The van der Waals surface area contributed by atoms with E-state index >= 15 is 0 Å². The summed E-state index contributed by atoms with van der Waals surface area (Å²) in [5.41, 5.74) is 1.10. The normalized spacial score (nSPS) is 10.3. The first-order chi connectivity index (χ1) is 12.5. The van der Waals surface area contributed by atoms with Gasteiger partial charge >= 0.3 is 0 Å². The molecule has 2 aromatic rings. The van der Waals surface area contributed by atoms with Crippen molar-refractivity contribution in [3.63, 3.8) is 0 Å². The second-order valence-corrected chi connectivity index (χ2v) is 6.89. The Balaban J connectivity index is 1.76. The number of Topliss-reactive ketones (excluding diaryl/α,β-unsaturated/α-hetero) is 1. The predicted molar refractivity (Wildman–Crippen MR) is 106 cm³/mol. The molecule has 2 rings (SSSR count). The highest BCUT2D eigenvalue weighted by Gasteiger charge is 2.09. The number of nitrogens with one attached hydrogen (secondary N) is 1. The number of rotatable bonds is 9. The molecule has 0 heterocycles. The van der Waals surface area contributed by atoms with Crippen LogP contribution in [0.2, 0.25) is 5.02 Å². The molecule has 0 aromatic heterocycles. The van der Waals surface area contributed by atoms with E-state index in [1.165, 1.54) is 25.8 Å². The molecule has 0 saturated heterocycles. The number of ketones is 1. The van der Waals surface area contributed by atoms with Crippen LogP contribution in [0.1, 0.15) is 17.3 Å². The van der Waals surface area contributed by atoms with Crippen LogP contribution in [-0.4, -0.2) is 36.9 Å². The van der Waals surface area contributed by atoms with Crippen molar-refractivity contribution >= 4 is 40.7 Å². The van der Waals surface area contributed by atoms with Crippen LogP contribution >= 0.6 is 23.4 Å². The molecule has 138 valence electrons. The molecule has 2 aromatic carbocycles. The number of halogens is 1. The minimum Gasteiger partial charge on any atom is -0.495 e. The van der Waals surface area contributed by atoms with Gasteiger partial charge in [-0.2, -0.15) is 0 Å². The average molecular weight is 394 g/mol. The molecule has 0 fully saturated rings. The fourth-order valence-corrected chi connectivity index (χ4v) is 3.00. The van der Waals surface area contributed by atoms with Crippen molar-refractivity contribution in [2.45, 2.75) is 6.92 Å². The highest BCUT2D eigenvalue weighted by Crippen LogP contribution is 2.27. The van der Waals surface area contributed by atoms with E-state index in [1.807, 2.05) is 6.07 Å². The van der Waals surface area contributed by atoms with Crippen LogP contribution < -0.4 is 14.8 Å². The van der Waals surface area contributed by atoms with Gasteiger partial charge in [0.2, 0.25) is 5.91 Å². The Morgan fingerprint density at radius 2 is 1.92 bits per heavy atom. The van der Waals surface area contributed by atoms with Crippen LogP contribution in [0.5, 0.6) is 11.5 Å². The summed E-state index contributed by atoms with van der Waals surface area (Å²) in [7, 11) is 1.53. The molecule has 0 bridgehead atoms. The van der Waals surface area contributed by atoms with Crippen molar-refractivity contribution in [1.29, 1.82) is 0 Å². The van der Waals surface area contributed by atoms with Gasteiger partial charge < -0.3 is 14.8 Å². The molecule has 0 aliphatic carbocycles. The minimum absolute atomic E-state index is 0.0388. The first kappa shape index (κ1) is 20.1. The van der Waals surface area contributed by atoms with Crippen molar-refractivity contribution in [2.75, 3.05) is 30.5 Å². The van der Waals surface area contributed by atoms with Crippen LogP contribution in [-0.2, 0) is 4.79 Å². The van der Waals surface area contributed by atoms with Gasteiger partial charge in [0.1, 0.15) is 11.5 Å². The zero-order chi connectivity index (χ0) is 18.9. The van der Waals surface area contributed by atoms with Gasteiger partial charge in [0.25, 0.3) is 0 Å². The SMILES string of the molecule is COc1ccc(Cl)cc1NC(=O)CSCCOc1ccccc1C(C)=O. The number of benzene rings is 2. The van der Waals surface area contributed by atoms with Crippen LogP contribution in [0.25, 0.3) is 0 Å². The minimum atomic E-state index is -0.153. The Morgan fingerprint density at radius 3 is 2.65 bits per heavy atom. The summed E-state index contributed by atoms with van der Waals surface area (Å²) in [6.07, 6.45) is 0. The van der Waals surface area contributed by atoms with Gasteiger partial charge in [-0.15, -0.1) is 11.8 Å². The van der Waals surface area contributed by atoms with E-state index in [9.17, 15) is 9.59 Å². The first-order valence-corrected chi connectivity index (χ1v) is 9.48. The largest absolute Gasteiger partial charge is 0.495 e. The molecular weight excluding hydrogens is 374 g/mol. The van der Waals surface area contributed by atoms with Gasteiger partial charge in [-0.3, -0.25) is 9.59 Å². The summed E-state index contributed by atoms with van der Waals surface area (Å²) in [6, 6.07) is 12.2. The van der Waals surface area contributed by atoms with Gasteiger partial charge in [0.15, 0.2) is 5.78 Å². The lowest BCUT2D eigenvalue weighted by Gasteiger charge is -2.11. The van der Waals surface area contributed by atoms with Crippen molar-refractivity contribution < 1.29 is 19.1 Å². The smallest absolute Gasteiger partial charge is 0.234 e. The Labute approximate surface area is 162 Å². The number of ether oxygens (including phenoxy) is 2. The lowest BCUT2D eigenvalue weighted by molar-refractivity contribution is -0.113. The third-order valence-electron chi connectivity index (χ3n) is 3.42. The monoisotopic (exact) mass is 393 g/mol. The molecule has 1 amide bonds. The quantitative estimate of drug-likeness (QED) is 0.508. The molecule has 0 saturated carbocycles. The van der Waals surface area contributed by atoms with Crippen LogP contribution in [0, 0.1) is 0 Å². The van der Waals surface area contributed by atoms with Crippen LogP contribution in [0.4, 0.5) is 5.69 Å². The number of amides is 1. The van der Waals surface area contributed by atoms with Crippen molar-refractivity contribution in [3.05, 3.63) is 53.1 Å². The summed E-state index contributed by atoms with van der Waals surface area (Å²) in [6.45, 7) is 1.91. The standard InChI is InChI=1S/C19H20ClNO4S/c1-13(22)15-5-3-4-6-17(15)25-9-10-26-12-19(23)21-16-11-14(20)7-8-18(16)24-2/h3-8,11H,9-10,12H2,1-2H3,(H,21,23). The second-order valence-electron chi connectivity index (χ2n) is 5.35. The van der Waals surface area contributed by atoms with Crippen LogP contribution in [0.3, 0.4) is 0 Å². The molecule has 5 nitrogen and oxygen atoms in total. The molecule has 0 spiro atoms. The van der Waals surface area contributed by atoms with Gasteiger partial charge in [-0.25, -0.2) is 0 Å². The van der Waals surface area contributed by atoms with Crippen molar-refractivity contribution in [3.8, 4) is 11.5 Å². The highest BCUT2D eigenvalue weighted by atomic mass is 35.5. The van der Waals surface area contributed by atoms with Gasteiger partial charge in [-0.05, 0) is 37.3 Å². The highest BCUT2D eigenvalue weighted by molar-refractivity contribution is 7.99. The maximum atomic E-state index is 12.1. The maximum absolute atomic E-state index is 12.1. The zero-order valence-electron chi connectivity index (χ0n) is 14.6. The number of methoxy groups -OCH3 is 1. The van der Waals surface area contributed by atoms with E-state index in [4.69, 9.17) is 21.1 Å². The average Bonchev–Trinajstić information content (AvgIpc) is 2.62. The van der Waals surface area contributed by atoms with E-state index in [2.05, 4.69) is 5.32 Å². The molecular formula is C19H20ClNO4S. The maximum Gasteiger partial charge on any atom is 0.234 e. The fraction of sp³-hybridized carbons (Fsp3) is 0.263. The summed E-state index contributed by atoms with van der Waals surface area (Å²) >= 11 is 7.38.